The zero-order chi connectivity index (χ0) is 21.2. The molecule has 0 radical (unpaired) electrons. The number of ether oxygens (including phenoxy) is 1. The van der Waals surface area contributed by atoms with Crippen LogP contribution in [0.4, 0.5) is 11.5 Å². The minimum atomic E-state index is 0.200. The van der Waals surface area contributed by atoms with E-state index in [1.165, 1.54) is 6.33 Å². The summed E-state index contributed by atoms with van der Waals surface area (Å²) in [6.07, 6.45) is 6.74. The molecule has 0 unspecified atom stereocenters. The number of anilines is 2. The molecule has 158 valence electrons. The van der Waals surface area contributed by atoms with Gasteiger partial charge in [-0.05, 0) is 25.0 Å². The number of benzene rings is 1. The fraction of sp³-hybridized carbons (Fsp3) is 0.333. The van der Waals surface area contributed by atoms with E-state index < -0.39 is 0 Å². The molecule has 0 bridgehead atoms. The number of hydrogen-bond acceptors (Lipinski definition) is 8. The van der Waals surface area contributed by atoms with Crippen molar-refractivity contribution >= 4 is 45.0 Å². The number of nitrogens with one attached hydrogen (secondary N) is 2. The second kappa shape index (κ2) is 6.66. The van der Waals surface area contributed by atoms with Crippen molar-refractivity contribution in [2.24, 2.45) is 11.1 Å². The highest BCUT2D eigenvalue weighted by Gasteiger charge is 2.55. The quantitative estimate of drug-likeness (QED) is 0.446. The van der Waals surface area contributed by atoms with Gasteiger partial charge in [0.05, 0.1) is 29.0 Å². The molecule has 10 heteroatoms. The maximum atomic E-state index is 6.42. The van der Waals surface area contributed by atoms with Gasteiger partial charge in [-0.2, -0.15) is 9.97 Å². The maximum absolute atomic E-state index is 6.42. The lowest BCUT2D eigenvalue weighted by Crippen LogP contribution is -2.24. The monoisotopic (exact) mass is 436 g/mol. The second-order valence-corrected chi connectivity index (χ2v) is 8.76. The predicted octanol–water partition coefficient (Wildman–Crippen LogP) is 3.32. The van der Waals surface area contributed by atoms with Crippen LogP contribution in [0, 0.1) is 5.41 Å². The zero-order valence-electron chi connectivity index (χ0n) is 16.9. The number of hydrogen-bond donors (Lipinski definition) is 3. The fourth-order valence-electron chi connectivity index (χ4n) is 4.66. The molecule has 3 aromatic heterocycles. The molecule has 0 amide bonds. The van der Waals surface area contributed by atoms with E-state index in [1.54, 1.807) is 12.4 Å². The van der Waals surface area contributed by atoms with Gasteiger partial charge in [-0.1, -0.05) is 11.6 Å². The standard InChI is InChI=1S/C21H21ClN8O/c1-24-14-5-11(22)4-13-16-18(27-17(13)14)28-20(31-12-7-25-10-26-8-12)29-19(16)30-3-2-21(9-30)6-15(21)23/h4-5,7-8,10,15,24H,2-3,6,9,23H2,1H3,(H,27,28,29)/t15-,21-/m0/s1. The molecule has 4 heterocycles. The average Bonchev–Trinajstić information content (AvgIpc) is 3.08. The van der Waals surface area contributed by atoms with E-state index in [4.69, 9.17) is 27.1 Å². The Bertz CT molecular complexity index is 1310. The van der Waals surface area contributed by atoms with Crippen molar-refractivity contribution in [3.8, 4) is 11.8 Å². The lowest BCUT2D eigenvalue weighted by Gasteiger charge is -2.19. The molecule has 2 atom stereocenters. The lowest BCUT2D eigenvalue weighted by atomic mass is 10.1. The summed E-state index contributed by atoms with van der Waals surface area (Å²) >= 11 is 6.42. The van der Waals surface area contributed by atoms with Crippen molar-refractivity contribution < 1.29 is 4.74 Å². The first-order valence-corrected chi connectivity index (χ1v) is 10.6. The highest BCUT2D eigenvalue weighted by atomic mass is 35.5. The van der Waals surface area contributed by atoms with Crippen LogP contribution < -0.4 is 20.7 Å². The topological polar surface area (TPSA) is 118 Å². The third kappa shape index (κ3) is 2.95. The van der Waals surface area contributed by atoms with Crippen LogP contribution in [0.3, 0.4) is 0 Å². The molecule has 31 heavy (non-hydrogen) atoms. The van der Waals surface area contributed by atoms with Crippen LogP contribution in [0.15, 0.2) is 30.9 Å². The Morgan fingerprint density at radius 1 is 1.29 bits per heavy atom. The molecule has 4 N–H and O–H groups in total. The number of fused-ring (bicyclic) bond motifs is 3. The molecule has 1 aliphatic carbocycles. The Hall–Kier alpha value is -3.17. The molecule has 6 rings (SSSR count). The number of H-pyrrole nitrogens is 1. The van der Waals surface area contributed by atoms with Gasteiger partial charge in [-0.15, -0.1) is 0 Å². The number of nitrogens with two attached hydrogens (primary N) is 1. The van der Waals surface area contributed by atoms with Crippen LogP contribution in [0.25, 0.3) is 21.9 Å². The normalized spacial score (nSPS) is 22.5. The molecule has 2 fully saturated rings. The van der Waals surface area contributed by atoms with Gasteiger partial charge >= 0.3 is 6.01 Å². The third-order valence-electron chi connectivity index (χ3n) is 6.44. The van der Waals surface area contributed by atoms with E-state index in [0.717, 1.165) is 53.7 Å². The van der Waals surface area contributed by atoms with Crippen molar-refractivity contribution in [3.05, 3.63) is 35.9 Å². The summed E-state index contributed by atoms with van der Waals surface area (Å²) in [5.74, 6) is 1.30. The third-order valence-corrected chi connectivity index (χ3v) is 6.66. The Balaban J connectivity index is 1.55. The van der Waals surface area contributed by atoms with Crippen molar-refractivity contribution in [3.63, 3.8) is 0 Å². The molecule has 4 aromatic rings. The van der Waals surface area contributed by atoms with Crippen molar-refractivity contribution in [2.75, 3.05) is 30.4 Å². The van der Waals surface area contributed by atoms with Gasteiger partial charge in [0.15, 0.2) is 5.75 Å². The van der Waals surface area contributed by atoms with Gasteiger partial charge in [-0.25, -0.2) is 9.97 Å². The zero-order valence-corrected chi connectivity index (χ0v) is 17.6. The Kier molecular flexibility index (Phi) is 4.00. The summed E-state index contributed by atoms with van der Waals surface area (Å²) in [5, 5.41) is 5.75. The maximum Gasteiger partial charge on any atom is 0.326 e. The van der Waals surface area contributed by atoms with Crippen LogP contribution in [-0.4, -0.2) is 51.1 Å². The first kappa shape index (κ1) is 18.6. The Morgan fingerprint density at radius 2 is 2.10 bits per heavy atom. The van der Waals surface area contributed by atoms with Gasteiger partial charge in [-0.3, -0.25) is 0 Å². The molecule has 1 saturated carbocycles. The summed E-state index contributed by atoms with van der Waals surface area (Å²) in [4.78, 5) is 23.2. The van der Waals surface area contributed by atoms with Gasteiger partial charge < -0.3 is 25.7 Å². The van der Waals surface area contributed by atoms with Gasteiger partial charge in [0, 0.05) is 42.0 Å². The van der Waals surface area contributed by atoms with Gasteiger partial charge in [0.25, 0.3) is 0 Å². The van der Waals surface area contributed by atoms with E-state index >= 15 is 0 Å². The van der Waals surface area contributed by atoms with Crippen LogP contribution in [-0.2, 0) is 0 Å². The Morgan fingerprint density at radius 3 is 2.81 bits per heavy atom. The summed E-state index contributed by atoms with van der Waals surface area (Å²) in [6, 6.07) is 4.34. The number of halogens is 1. The number of aromatic amines is 1. The van der Waals surface area contributed by atoms with Gasteiger partial charge in [0.1, 0.15) is 17.8 Å². The fourth-order valence-corrected chi connectivity index (χ4v) is 4.88. The molecular weight excluding hydrogens is 416 g/mol. The van der Waals surface area contributed by atoms with Crippen molar-refractivity contribution in [1.82, 2.24) is 24.9 Å². The number of rotatable bonds is 4. The van der Waals surface area contributed by atoms with Gasteiger partial charge in [0.2, 0.25) is 0 Å². The van der Waals surface area contributed by atoms with E-state index in [0.29, 0.717) is 16.4 Å². The largest absolute Gasteiger partial charge is 0.421 e. The van der Waals surface area contributed by atoms with E-state index in [-0.39, 0.29) is 17.5 Å². The van der Waals surface area contributed by atoms with Crippen LogP contribution >= 0.6 is 11.6 Å². The summed E-state index contributed by atoms with van der Waals surface area (Å²) < 4.78 is 5.89. The SMILES string of the molecule is CNc1cc(Cl)cc2c1[nH]c1nc(Oc3cncnc3)nc(N3CC[C@]4(C[C@@H]4N)C3)c12. The predicted molar refractivity (Wildman–Crippen MR) is 120 cm³/mol. The minimum Gasteiger partial charge on any atom is -0.421 e. The Labute approximate surface area is 183 Å². The van der Waals surface area contributed by atoms with E-state index in [2.05, 4.69) is 30.2 Å². The molecule has 1 saturated heterocycles. The number of aromatic nitrogens is 5. The summed E-state index contributed by atoms with van der Waals surface area (Å²) in [6.45, 7) is 1.76. The summed E-state index contributed by atoms with van der Waals surface area (Å²) in [7, 11) is 1.87. The average molecular weight is 437 g/mol. The number of nitrogens with zero attached hydrogens (tertiary/aromatic N) is 5. The van der Waals surface area contributed by atoms with Crippen molar-refractivity contribution in [2.45, 2.75) is 18.9 Å². The smallest absolute Gasteiger partial charge is 0.326 e. The minimum absolute atomic E-state index is 0.200. The van der Waals surface area contributed by atoms with Crippen LogP contribution in [0.2, 0.25) is 5.02 Å². The highest BCUT2D eigenvalue weighted by molar-refractivity contribution is 6.32. The first-order chi connectivity index (χ1) is 15.1. The molecule has 2 aliphatic rings. The summed E-state index contributed by atoms with van der Waals surface area (Å²) in [5.41, 5.74) is 8.95. The molecule has 1 spiro atoms. The van der Waals surface area contributed by atoms with Crippen LogP contribution in [0.1, 0.15) is 12.8 Å². The molecule has 1 aromatic carbocycles. The van der Waals surface area contributed by atoms with E-state index in [1.807, 2.05) is 19.2 Å². The molecule has 1 aliphatic heterocycles. The second-order valence-electron chi connectivity index (χ2n) is 8.33. The lowest BCUT2D eigenvalue weighted by molar-refractivity contribution is 0.439. The molecular formula is C21H21ClN8O. The highest BCUT2D eigenvalue weighted by Crippen LogP contribution is 2.53. The molecule has 9 nitrogen and oxygen atoms in total. The van der Waals surface area contributed by atoms with Crippen LogP contribution in [0.5, 0.6) is 11.8 Å². The van der Waals surface area contributed by atoms with E-state index in [9.17, 15) is 0 Å². The van der Waals surface area contributed by atoms with Crippen molar-refractivity contribution in [1.29, 1.82) is 0 Å². The first-order valence-electron chi connectivity index (χ1n) is 10.2.